The van der Waals surface area contributed by atoms with Crippen LogP contribution in [0.25, 0.3) is 0 Å². The molecule has 4 fully saturated rings. The van der Waals surface area contributed by atoms with Crippen molar-refractivity contribution >= 4 is 17.7 Å². The third-order valence-corrected chi connectivity index (χ3v) is 10.8. The number of carbonyl (C=O) groups is 1. The van der Waals surface area contributed by atoms with Crippen molar-refractivity contribution in [3.8, 4) is 0 Å². The highest BCUT2D eigenvalue weighted by atomic mass is 32.2. The van der Waals surface area contributed by atoms with Crippen molar-refractivity contribution in [1.82, 2.24) is 0 Å². The fourth-order valence-corrected chi connectivity index (χ4v) is 9.23. The lowest BCUT2D eigenvalue weighted by Crippen LogP contribution is -2.57. The lowest BCUT2D eigenvalue weighted by atomic mass is 9.46. The molecule has 1 aliphatic heterocycles. The molecular weight excluding hydrogens is 356 g/mol. The smallest absolute Gasteiger partial charge is 0.306 e. The Labute approximate surface area is 167 Å². The molecule has 1 saturated heterocycles. The number of fused-ring (bicyclic) bond motifs is 6. The summed E-state index contributed by atoms with van der Waals surface area (Å²) in [5, 5.41) is 10.9. The molecule has 150 valence electrons. The van der Waals surface area contributed by atoms with E-state index in [2.05, 4.69) is 26.2 Å². The predicted molar refractivity (Wildman–Crippen MR) is 108 cm³/mol. The maximum Gasteiger partial charge on any atom is 0.306 e. The van der Waals surface area contributed by atoms with Crippen LogP contribution in [0.15, 0.2) is 11.6 Å². The van der Waals surface area contributed by atoms with Crippen LogP contribution in [0, 0.1) is 28.6 Å². The largest absolute Gasteiger partial charge is 0.458 e. The third kappa shape index (κ3) is 2.35. The van der Waals surface area contributed by atoms with Gasteiger partial charge in [-0.15, -0.1) is 0 Å². The van der Waals surface area contributed by atoms with E-state index in [4.69, 9.17) is 4.74 Å². The molecule has 27 heavy (non-hydrogen) atoms. The van der Waals surface area contributed by atoms with E-state index >= 15 is 0 Å². The molecule has 3 nitrogen and oxygen atoms in total. The van der Waals surface area contributed by atoms with Crippen LogP contribution in [0.3, 0.4) is 0 Å². The molecule has 8 atom stereocenters. The zero-order valence-corrected chi connectivity index (χ0v) is 17.8. The highest BCUT2D eigenvalue weighted by Gasteiger charge is 2.68. The summed E-state index contributed by atoms with van der Waals surface area (Å²) < 4.78 is 6.09. The molecule has 6 unspecified atom stereocenters. The zero-order chi connectivity index (χ0) is 19.0. The minimum absolute atomic E-state index is 0.0301. The molecule has 5 rings (SSSR count). The first-order valence-electron chi connectivity index (χ1n) is 11.0. The summed E-state index contributed by atoms with van der Waals surface area (Å²) in [5.74, 6) is 2.13. The number of aliphatic hydroxyl groups excluding tert-OH is 1. The first-order chi connectivity index (χ1) is 12.8. The van der Waals surface area contributed by atoms with Crippen LogP contribution in [0.2, 0.25) is 0 Å². The lowest BCUT2D eigenvalue weighted by Gasteiger charge is -2.61. The van der Waals surface area contributed by atoms with E-state index in [1.54, 1.807) is 0 Å². The Kier molecular flexibility index (Phi) is 4.13. The van der Waals surface area contributed by atoms with Crippen molar-refractivity contribution in [2.24, 2.45) is 28.6 Å². The van der Waals surface area contributed by atoms with E-state index in [-0.39, 0.29) is 28.5 Å². The number of hydrogen-bond donors (Lipinski definition) is 1. The van der Waals surface area contributed by atoms with Crippen LogP contribution < -0.4 is 0 Å². The molecule has 0 aromatic rings. The Bertz CT molecular complexity index is 689. The first kappa shape index (κ1) is 18.5. The van der Waals surface area contributed by atoms with Gasteiger partial charge in [0.2, 0.25) is 0 Å². The van der Waals surface area contributed by atoms with Gasteiger partial charge in [0.15, 0.2) is 0 Å². The quantitative estimate of drug-likeness (QED) is 0.519. The summed E-state index contributed by atoms with van der Waals surface area (Å²) >= 11 is 2.04. The molecule has 0 aromatic carbocycles. The monoisotopic (exact) mass is 390 g/mol. The van der Waals surface area contributed by atoms with Gasteiger partial charge in [-0.05, 0) is 80.8 Å². The van der Waals surface area contributed by atoms with Gasteiger partial charge < -0.3 is 9.84 Å². The molecule has 0 aromatic heterocycles. The molecule has 4 aliphatic carbocycles. The number of allylic oxidation sites excluding steroid dienone is 1. The molecule has 0 amide bonds. The number of thioether (sulfide) groups is 1. The number of carbonyl (C=O) groups excluding carboxylic acids is 1. The van der Waals surface area contributed by atoms with Crippen LogP contribution in [0.4, 0.5) is 0 Å². The number of hydrogen-bond acceptors (Lipinski definition) is 4. The Morgan fingerprint density at radius 3 is 2.59 bits per heavy atom. The third-order valence-electron chi connectivity index (χ3n) is 9.72. The Morgan fingerprint density at radius 2 is 1.89 bits per heavy atom. The first-order valence-corrected chi connectivity index (χ1v) is 12.3. The second-order valence-electron chi connectivity index (χ2n) is 10.4. The van der Waals surface area contributed by atoms with E-state index in [1.165, 1.54) is 24.8 Å². The average molecular weight is 391 g/mol. The van der Waals surface area contributed by atoms with Crippen molar-refractivity contribution in [3.63, 3.8) is 0 Å². The fourth-order valence-electron chi connectivity index (χ4n) is 8.19. The van der Waals surface area contributed by atoms with Gasteiger partial charge in [-0.3, -0.25) is 4.79 Å². The van der Waals surface area contributed by atoms with Crippen molar-refractivity contribution in [1.29, 1.82) is 0 Å². The van der Waals surface area contributed by atoms with Gasteiger partial charge in [-0.1, -0.05) is 25.5 Å². The second kappa shape index (κ2) is 6.01. The molecule has 1 spiro atoms. The summed E-state index contributed by atoms with van der Waals surface area (Å²) in [6.45, 7) is 4.94. The highest BCUT2D eigenvalue weighted by Crippen LogP contribution is 2.70. The molecule has 5 aliphatic rings. The Hall–Kier alpha value is -0.480. The number of esters is 1. The van der Waals surface area contributed by atoms with Crippen molar-refractivity contribution < 1.29 is 14.6 Å². The van der Waals surface area contributed by atoms with Gasteiger partial charge >= 0.3 is 5.97 Å². The van der Waals surface area contributed by atoms with Crippen molar-refractivity contribution in [2.75, 3.05) is 6.26 Å². The fraction of sp³-hybridized carbons (Fsp3) is 0.870. The summed E-state index contributed by atoms with van der Waals surface area (Å²) in [6, 6.07) is 0. The van der Waals surface area contributed by atoms with Crippen LogP contribution in [-0.2, 0) is 9.53 Å². The average Bonchev–Trinajstić information content (AvgIpc) is 3.16. The molecular formula is C23H34O3S. The van der Waals surface area contributed by atoms with Crippen molar-refractivity contribution in [3.05, 3.63) is 11.6 Å². The van der Waals surface area contributed by atoms with Crippen LogP contribution >= 0.6 is 11.8 Å². The lowest BCUT2D eigenvalue weighted by molar-refractivity contribution is -0.167. The van der Waals surface area contributed by atoms with E-state index < -0.39 is 0 Å². The highest BCUT2D eigenvalue weighted by molar-refractivity contribution is 7.99. The van der Waals surface area contributed by atoms with Gasteiger partial charge in [-0.2, -0.15) is 11.8 Å². The van der Waals surface area contributed by atoms with Crippen LogP contribution in [0.1, 0.15) is 71.6 Å². The topological polar surface area (TPSA) is 46.5 Å². The number of rotatable bonds is 1. The Balaban J connectivity index is 1.54. The minimum atomic E-state index is -0.242. The summed E-state index contributed by atoms with van der Waals surface area (Å²) in [7, 11) is 0. The molecule has 4 heteroatoms. The van der Waals surface area contributed by atoms with E-state index in [1.807, 2.05) is 11.8 Å². The second-order valence-corrected chi connectivity index (χ2v) is 11.5. The van der Waals surface area contributed by atoms with Gasteiger partial charge in [0.1, 0.15) is 5.60 Å². The van der Waals surface area contributed by atoms with E-state index in [0.717, 1.165) is 38.0 Å². The van der Waals surface area contributed by atoms with E-state index in [0.29, 0.717) is 23.5 Å². The van der Waals surface area contributed by atoms with Gasteiger partial charge in [-0.25, -0.2) is 0 Å². The number of aliphatic hydroxyl groups is 1. The van der Waals surface area contributed by atoms with E-state index in [9.17, 15) is 9.90 Å². The molecule has 1 heterocycles. The van der Waals surface area contributed by atoms with Gasteiger partial charge in [0.25, 0.3) is 0 Å². The molecule has 0 bridgehead atoms. The predicted octanol–water partition coefficient (Wildman–Crippen LogP) is 4.73. The maximum atomic E-state index is 12.0. The summed E-state index contributed by atoms with van der Waals surface area (Å²) in [6.07, 6.45) is 13.7. The number of ether oxygens (including phenoxy) is 1. The molecule has 3 saturated carbocycles. The summed E-state index contributed by atoms with van der Waals surface area (Å²) in [4.78, 5) is 12.0. The van der Waals surface area contributed by atoms with Crippen LogP contribution in [0.5, 0.6) is 0 Å². The summed E-state index contributed by atoms with van der Waals surface area (Å²) in [5.41, 5.74) is 1.77. The van der Waals surface area contributed by atoms with Crippen LogP contribution in [-0.4, -0.2) is 34.3 Å². The van der Waals surface area contributed by atoms with Gasteiger partial charge in [0.05, 0.1) is 6.10 Å². The standard InChI is InChI=1S/C23H34O3S/c1-21-8-4-15(24)12-14(21)13-18(27-3)20-16(21)5-9-22(2)17(20)6-10-23(22)11-7-19(25)26-23/h12,15-18,20,24H,4-11,13H2,1-3H3/t15-,16?,17?,18-,20?,21?,22?,23?/m1/s1. The zero-order valence-electron chi connectivity index (χ0n) is 17.0. The minimum Gasteiger partial charge on any atom is -0.458 e. The van der Waals surface area contributed by atoms with Crippen molar-refractivity contribution in [2.45, 2.75) is 88.6 Å². The molecule has 0 radical (unpaired) electrons. The van der Waals surface area contributed by atoms with Gasteiger partial charge in [0, 0.05) is 17.1 Å². The molecule has 1 N–H and O–H groups in total. The Morgan fingerprint density at radius 1 is 1.11 bits per heavy atom. The SMILES string of the molecule is CS[C@@H]1CC2=C[C@H](O)CCC2(C)C2CCC3(C)C(CCC34CCC(=O)O4)C21. The normalized spacial score (nSPS) is 54.1. The maximum absolute atomic E-state index is 12.0.